The van der Waals surface area contributed by atoms with Crippen LogP contribution < -0.4 is 19.9 Å². The van der Waals surface area contributed by atoms with Crippen LogP contribution in [0.5, 0.6) is 5.75 Å². The van der Waals surface area contributed by atoms with Crippen LogP contribution in [0.4, 0.5) is 11.4 Å². The monoisotopic (exact) mass is 621 g/mol. The Bertz CT molecular complexity index is 1510. The number of aromatic nitrogens is 2. The molecule has 1 fully saturated rings. The molecule has 1 aromatic heterocycles. The van der Waals surface area contributed by atoms with Gasteiger partial charge < -0.3 is 24.8 Å². The summed E-state index contributed by atoms with van der Waals surface area (Å²) in [5, 5.41) is 3.39. The predicted octanol–water partition coefficient (Wildman–Crippen LogP) is 4.27. The van der Waals surface area contributed by atoms with E-state index in [0.29, 0.717) is 28.4 Å². The Labute approximate surface area is 234 Å². The lowest BCUT2D eigenvalue weighted by Gasteiger charge is -2.42. The highest BCUT2D eigenvalue weighted by Crippen LogP contribution is 2.45. The number of benzene rings is 3. The number of fused-ring (bicyclic) bond motifs is 2. The van der Waals surface area contributed by atoms with Crippen molar-refractivity contribution in [3.05, 3.63) is 81.2 Å². The van der Waals surface area contributed by atoms with E-state index in [1.54, 1.807) is 31.1 Å². The molecular formula is C29H28IN5O3. The highest BCUT2D eigenvalue weighted by atomic mass is 127. The summed E-state index contributed by atoms with van der Waals surface area (Å²) < 4.78 is 6.30. The summed E-state index contributed by atoms with van der Waals surface area (Å²) >= 11 is 2.27. The van der Waals surface area contributed by atoms with E-state index in [9.17, 15) is 9.59 Å². The van der Waals surface area contributed by atoms with E-state index in [-0.39, 0.29) is 18.2 Å². The number of H-pyrrole nitrogens is 1. The van der Waals surface area contributed by atoms with Crippen LogP contribution in [0.3, 0.4) is 0 Å². The van der Waals surface area contributed by atoms with Crippen LogP contribution in [-0.2, 0) is 16.8 Å². The van der Waals surface area contributed by atoms with Crippen molar-refractivity contribution in [2.75, 3.05) is 43.1 Å². The SMILES string of the molecule is COc1ccc(C2(C)C(=O)c3c(N4CCNCC4)cc(I)cc3N(Cc3nc4ccccc4[nH]3)C2=O)cc1. The zero-order valence-electron chi connectivity index (χ0n) is 21.3. The summed E-state index contributed by atoms with van der Waals surface area (Å²) in [6.45, 7) is 5.22. The van der Waals surface area contributed by atoms with Gasteiger partial charge in [0, 0.05) is 29.7 Å². The van der Waals surface area contributed by atoms with Gasteiger partial charge in [-0.15, -0.1) is 0 Å². The van der Waals surface area contributed by atoms with Gasteiger partial charge in [-0.3, -0.25) is 9.59 Å². The van der Waals surface area contributed by atoms with E-state index >= 15 is 0 Å². The number of halogens is 1. The molecule has 4 aromatic rings. The van der Waals surface area contributed by atoms with Crippen molar-refractivity contribution in [3.63, 3.8) is 0 Å². The van der Waals surface area contributed by atoms with E-state index < -0.39 is 5.41 Å². The number of hydrogen-bond donors (Lipinski definition) is 2. The summed E-state index contributed by atoms with van der Waals surface area (Å²) in [7, 11) is 1.60. The smallest absolute Gasteiger partial charge is 0.245 e. The van der Waals surface area contributed by atoms with E-state index in [4.69, 9.17) is 9.72 Å². The normalized spacial score (nSPS) is 19.7. The maximum Gasteiger partial charge on any atom is 0.245 e. The third kappa shape index (κ3) is 4.04. The molecule has 2 aliphatic rings. The Morgan fingerprint density at radius 1 is 1.03 bits per heavy atom. The number of ether oxygens (including phenoxy) is 1. The Kier molecular flexibility index (Phi) is 6.35. The van der Waals surface area contributed by atoms with Gasteiger partial charge in [-0.2, -0.15) is 0 Å². The first kappa shape index (κ1) is 24.9. The minimum absolute atomic E-state index is 0.187. The molecule has 3 aromatic carbocycles. The van der Waals surface area contributed by atoms with E-state index in [2.05, 4.69) is 43.9 Å². The van der Waals surface area contributed by atoms with Crippen LogP contribution in [0, 0.1) is 3.57 Å². The lowest BCUT2D eigenvalue weighted by atomic mass is 9.71. The molecule has 2 N–H and O–H groups in total. The zero-order chi connectivity index (χ0) is 26.4. The topological polar surface area (TPSA) is 90.6 Å². The molecule has 0 bridgehead atoms. The number of para-hydroxylation sites is 2. The van der Waals surface area contributed by atoms with Crippen LogP contribution in [0.1, 0.15) is 28.7 Å². The standard InChI is InChI=1S/C29H28IN5O3/c1-29(18-7-9-20(38-2)10-8-18)27(36)26-23(34-13-11-31-12-14-34)15-19(30)16-24(26)35(28(29)37)17-25-32-21-5-3-4-6-22(21)33-25/h3-10,15-16,31H,11-14,17H2,1-2H3,(H,32,33). The number of nitrogens with one attached hydrogen (secondary N) is 2. The molecule has 0 radical (unpaired) electrons. The second kappa shape index (κ2) is 9.70. The zero-order valence-corrected chi connectivity index (χ0v) is 23.4. The molecule has 1 atom stereocenters. The fourth-order valence-corrected chi connectivity index (χ4v) is 6.06. The summed E-state index contributed by atoms with van der Waals surface area (Å²) in [5.41, 5.74) is 3.07. The number of hydrogen-bond acceptors (Lipinski definition) is 6. The molecule has 0 spiro atoms. The van der Waals surface area contributed by atoms with Gasteiger partial charge >= 0.3 is 0 Å². The predicted molar refractivity (Wildman–Crippen MR) is 156 cm³/mol. The van der Waals surface area contributed by atoms with Crippen LogP contribution in [0.2, 0.25) is 0 Å². The number of aromatic amines is 1. The molecule has 194 valence electrons. The number of ketones is 1. The number of methoxy groups -OCH3 is 1. The van der Waals surface area contributed by atoms with Crippen molar-refractivity contribution in [1.82, 2.24) is 15.3 Å². The van der Waals surface area contributed by atoms with Gasteiger partial charge in [-0.05, 0) is 71.5 Å². The van der Waals surface area contributed by atoms with Crippen molar-refractivity contribution in [2.24, 2.45) is 0 Å². The number of rotatable bonds is 5. The fraction of sp³-hybridized carbons (Fsp3) is 0.276. The van der Waals surface area contributed by atoms with Crippen LogP contribution >= 0.6 is 22.6 Å². The molecule has 6 rings (SSSR count). The van der Waals surface area contributed by atoms with Crippen molar-refractivity contribution < 1.29 is 14.3 Å². The van der Waals surface area contributed by atoms with Crippen LogP contribution in [0.25, 0.3) is 11.0 Å². The van der Waals surface area contributed by atoms with Crippen molar-refractivity contribution in [1.29, 1.82) is 0 Å². The number of piperazine rings is 1. The summed E-state index contributed by atoms with van der Waals surface area (Å²) in [5.74, 6) is 0.880. The Balaban J connectivity index is 1.54. The third-order valence-corrected chi connectivity index (χ3v) is 8.20. The summed E-state index contributed by atoms with van der Waals surface area (Å²) in [6, 6.07) is 19.0. The average molecular weight is 621 g/mol. The van der Waals surface area contributed by atoms with Crippen LogP contribution in [0.15, 0.2) is 60.7 Å². The van der Waals surface area contributed by atoms with Crippen molar-refractivity contribution >= 4 is 56.7 Å². The van der Waals surface area contributed by atoms with Gasteiger partial charge in [-0.1, -0.05) is 24.3 Å². The second-order valence-electron chi connectivity index (χ2n) is 9.83. The lowest BCUT2D eigenvalue weighted by molar-refractivity contribution is -0.122. The number of imidazole rings is 1. The minimum Gasteiger partial charge on any atom is -0.497 e. The highest BCUT2D eigenvalue weighted by molar-refractivity contribution is 14.1. The maximum absolute atomic E-state index is 14.5. The quantitative estimate of drug-likeness (QED) is 0.256. The molecular weight excluding hydrogens is 593 g/mol. The molecule has 1 saturated heterocycles. The first-order valence-electron chi connectivity index (χ1n) is 12.6. The molecule has 38 heavy (non-hydrogen) atoms. The molecule has 0 aliphatic carbocycles. The number of Topliss-reactive ketones (excluding diaryl/α,β-unsaturated/α-hetero) is 1. The molecule has 1 unspecified atom stereocenters. The second-order valence-corrected chi connectivity index (χ2v) is 11.1. The number of anilines is 2. The van der Waals surface area contributed by atoms with E-state index in [1.165, 1.54) is 0 Å². The van der Waals surface area contributed by atoms with Gasteiger partial charge in [0.25, 0.3) is 0 Å². The summed E-state index contributed by atoms with van der Waals surface area (Å²) in [6.07, 6.45) is 0. The van der Waals surface area contributed by atoms with Gasteiger partial charge in [0.2, 0.25) is 5.91 Å². The number of nitrogens with zero attached hydrogens (tertiary/aromatic N) is 3. The third-order valence-electron chi connectivity index (χ3n) is 7.58. The number of carbonyl (C=O) groups excluding carboxylic acids is 2. The van der Waals surface area contributed by atoms with Gasteiger partial charge in [0.15, 0.2) is 5.78 Å². The van der Waals surface area contributed by atoms with E-state index in [1.807, 2.05) is 42.5 Å². The van der Waals surface area contributed by atoms with Gasteiger partial charge in [-0.25, -0.2) is 4.98 Å². The average Bonchev–Trinajstić information content (AvgIpc) is 3.37. The molecule has 3 heterocycles. The molecule has 2 aliphatic heterocycles. The first-order valence-corrected chi connectivity index (χ1v) is 13.7. The lowest BCUT2D eigenvalue weighted by Crippen LogP contribution is -2.55. The number of amides is 1. The van der Waals surface area contributed by atoms with Crippen LogP contribution in [-0.4, -0.2) is 54.9 Å². The fourth-order valence-electron chi connectivity index (χ4n) is 5.47. The van der Waals surface area contributed by atoms with Gasteiger partial charge in [0.1, 0.15) is 17.0 Å². The highest BCUT2D eigenvalue weighted by Gasteiger charge is 2.52. The first-order chi connectivity index (χ1) is 18.4. The largest absolute Gasteiger partial charge is 0.497 e. The molecule has 1 amide bonds. The Hall–Kier alpha value is -3.44. The molecule has 0 saturated carbocycles. The van der Waals surface area contributed by atoms with Crippen molar-refractivity contribution in [2.45, 2.75) is 18.9 Å². The van der Waals surface area contributed by atoms with Crippen molar-refractivity contribution in [3.8, 4) is 5.75 Å². The minimum atomic E-state index is -1.40. The molecule has 8 nitrogen and oxygen atoms in total. The Morgan fingerprint density at radius 2 is 1.74 bits per heavy atom. The Morgan fingerprint density at radius 3 is 2.45 bits per heavy atom. The molecule has 9 heteroatoms. The maximum atomic E-state index is 14.5. The number of carbonyl (C=O) groups is 2. The summed E-state index contributed by atoms with van der Waals surface area (Å²) in [4.78, 5) is 40.9. The van der Waals surface area contributed by atoms with E-state index in [0.717, 1.165) is 46.5 Å². The van der Waals surface area contributed by atoms with Gasteiger partial charge in [0.05, 0.1) is 41.6 Å².